The molecule has 0 aromatic rings. The first kappa shape index (κ1) is 57.3. The van der Waals surface area contributed by atoms with Crippen LogP contribution >= 0.6 is 0 Å². The van der Waals surface area contributed by atoms with Gasteiger partial charge in [-0.3, -0.25) is 9.59 Å². The molecule has 1 N–H and O–H groups in total. The molecule has 0 aliphatic carbocycles. The largest absolute Gasteiger partial charge is 0.462 e. The van der Waals surface area contributed by atoms with E-state index in [1.807, 2.05) is 0 Å². The predicted octanol–water partition coefficient (Wildman–Crippen LogP) is 16.9. The maximum absolute atomic E-state index is 12.1. The Morgan fingerprint density at radius 1 is 0.400 bits per heavy atom. The van der Waals surface area contributed by atoms with Gasteiger partial charge in [0.2, 0.25) is 0 Å². The summed E-state index contributed by atoms with van der Waals surface area (Å²) in [5.41, 5.74) is 0. The molecule has 0 aliphatic heterocycles. The minimum atomic E-state index is -0.765. The standard InChI is InChI=1S/C55H96O5/c1-3-5-7-9-10-11-12-13-14-15-16-17-18-19-20-21-22-23-24-25-26-27-28-29-30-31-32-33-34-35-36-37-38-39-40-41-42-43-44-46-48-50-55(58)60-53(51-56)52-59-54(57)49-47-45-8-6-4-2/h5,7,10-11,13-14,16-17,19-20,22-23,53,56H,3-4,6,8-9,12,15,18,21,24-52H2,1-2H3/b7-5-,11-10-,14-13-,17-16-,20-19-,23-22-. The smallest absolute Gasteiger partial charge is 0.306 e. The number of carbonyl (C=O) groups is 2. The highest BCUT2D eigenvalue weighted by Crippen LogP contribution is 2.16. The fourth-order valence-corrected chi connectivity index (χ4v) is 7.21. The summed E-state index contributed by atoms with van der Waals surface area (Å²) < 4.78 is 10.5. The fraction of sp³-hybridized carbons (Fsp3) is 0.745. The van der Waals surface area contributed by atoms with Gasteiger partial charge in [0.05, 0.1) is 6.61 Å². The molecular formula is C55H96O5. The average Bonchev–Trinajstić information content (AvgIpc) is 3.25. The lowest BCUT2D eigenvalue weighted by atomic mass is 10.0. The second-order valence-corrected chi connectivity index (χ2v) is 16.9. The van der Waals surface area contributed by atoms with E-state index in [-0.39, 0.29) is 25.2 Å². The van der Waals surface area contributed by atoms with Crippen molar-refractivity contribution in [3.8, 4) is 0 Å². The SMILES string of the molecule is CC/C=C\C/C=C\C/C=C\C/C=C\C/C=C\C/C=C\CCCCCCCCCCCCCCCCCCCCCCCCC(=O)OC(CO)COC(=O)CCCCCCC. The molecule has 0 aromatic heterocycles. The lowest BCUT2D eigenvalue weighted by Crippen LogP contribution is -2.28. The molecule has 0 fully saturated rings. The number of hydrogen-bond acceptors (Lipinski definition) is 5. The molecule has 346 valence electrons. The molecular weight excluding hydrogens is 741 g/mol. The van der Waals surface area contributed by atoms with Crippen molar-refractivity contribution in [1.29, 1.82) is 0 Å². The summed E-state index contributed by atoms with van der Waals surface area (Å²) in [6, 6.07) is 0. The Morgan fingerprint density at radius 3 is 1.08 bits per heavy atom. The van der Waals surface area contributed by atoms with Crippen molar-refractivity contribution >= 4 is 11.9 Å². The van der Waals surface area contributed by atoms with Gasteiger partial charge in [0.15, 0.2) is 6.10 Å². The van der Waals surface area contributed by atoms with Crippen LogP contribution in [0.2, 0.25) is 0 Å². The number of aliphatic hydroxyl groups excluding tert-OH is 1. The number of carbonyl (C=O) groups excluding carboxylic acids is 2. The van der Waals surface area contributed by atoms with Crippen LogP contribution < -0.4 is 0 Å². The highest BCUT2D eigenvalue weighted by atomic mass is 16.6. The zero-order chi connectivity index (χ0) is 43.5. The second-order valence-electron chi connectivity index (χ2n) is 16.9. The molecule has 0 bridgehead atoms. The van der Waals surface area contributed by atoms with Crippen LogP contribution in [-0.4, -0.2) is 36.4 Å². The number of ether oxygens (including phenoxy) is 2. The maximum atomic E-state index is 12.1. The van der Waals surface area contributed by atoms with Crippen LogP contribution in [0.4, 0.5) is 0 Å². The van der Waals surface area contributed by atoms with Crippen molar-refractivity contribution in [3.05, 3.63) is 72.9 Å². The first-order chi connectivity index (χ1) is 29.6. The van der Waals surface area contributed by atoms with E-state index in [0.29, 0.717) is 12.8 Å². The van der Waals surface area contributed by atoms with Crippen molar-refractivity contribution in [2.24, 2.45) is 0 Å². The van der Waals surface area contributed by atoms with Gasteiger partial charge < -0.3 is 14.6 Å². The van der Waals surface area contributed by atoms with Gasteiger partial charge in [-0.15, -0.1) is 0 Å². The van der Waals surface area contributed by atoms with E-state index in [1.165, 1.54) is 141 Å². The first-order valence-corrected chi connectivity index (χ1v) is 25.5. The van der Waals surface area contributed by atoms with E-state index in [2.05, 4.69) is 86.8 Å². The molecule has 0 aromatic carbocycles. The van der Waals surface area contributed by atoms with Crippen LogP contribution in [0.1, 0.15) is 245 Å². The van der Waals surface area contributed by atoms with Crippen LogP contribution in [0.15, 0.2) is 72.9 Å². The van der Waals surface area contributed by atoms with Crippen molar-refractivity contribution in [2.45, 2.75) is 251 Å². The number of hydrogen-bond donors (Lipinski definition) is 1. The summed E-state index contributed by atoms with van der Waals surface area (Å²) in [7, 11) is 0. The Kier molecular flexibility index (Phi) is 48.4. The van der Waals surface area contributed by atoms with Gasteiger partial charge in [-0.2, -0.15) is 0 Å². The Bertz CT molecular complexity index is 1080. The fourth-order valence-electron chi connectivity index (χ4n) is 7.21. The Balaban J connectivity index is 3.37. The highest BCUT2D eigenvalue weighted by Gasteiger charge is 2.16. The van der Waals surface area contributed by atoms with Crippen LogP contribution in [0, 0.1) is 0 Å². The molecule has 0 heterocycles. The molecule has 0 rings (SSSR count). The third-order valence-electron chi connectivity index (χ3n) is 11.0. The normalized spacial score (nSPS) is 12.8. The Hall–Kier alpha value is -2.66. The van der Waals surface area contributed by atoms with Gasteiger partial charge in [0, 0.05) is 12.8 Å². The van der Waals surface area contributed by atoms with E-state index < -0.39 is 6.10 Å². The second kappa shape index (κ2) is 50.7. The molecule has 1 unspecified atom stereocenters. The summed E-state index contributed by atoms with van der Waals surface area (Å²) in [5, 5.41) is 9.50. The predicted molar refractivity (Wildman–Crippen MR) is 260 cm³/mol. The zero-order valence-corrected chi connectivity index (χ0v) is 39.5. The van der Waals surface area contributed by atoms with Gasteiger partial charge in [-0.1, -0.05) is 241 Å². The summed E-state index contributed by atoms with van der Waals surface area (Å²) in [6.45, 7) is 3.94. The molecule has 5 nitrogen and oxygen atoms in total. The number of esters is 2. The number of rotatable bonds is 46. The summed E-state index contributed by atoms with van der Waals surface area (Å²) in [5.74, 6) is -0.598. The van der Waals surface area contributed by atoms with Crippen LogP contribution in [0.25, 0.3) is 0 Å². The molecule has 0 saturated carbocycles. The Morgan fingerprint density at radius 2 is 0.717 bits per heavy atom. The monoisotopic (exact) mass is 837 g/mol. The van der Waals surface area contributed by atoms with Crippen molar-refractivity contribution in [3.63, 3.8) is 0 Å². The minimum absolute atomic E-state index is 0.0644. The molecule has 1 atom stereocenters. The summed E-state index contributed by atoms with van der Waals surface area (Å²) in [4.78, 5) is 24.0. The van der Waals surface area contributed by atoms with E-state index in [0.717, 1.165) is 77.0 Å². The highest BCUT2D eigenvalue weighted by molar-refractivity contribution is 5.70. The van der Waals surface area contributed by atoms with Gasteiger partial charge in [0.1, 0.15) is 6.61 Å². The minimum Gasteiger partial charge on any atom is -0.462 e. The van der Waals surface area contributed by atoms with Gasteiger partial charge in [-0.25, -0.2) is 0 Å². The molecule has 0 saturated heterocycles. The zero-order valence-electron chi connectivity index (χ0n) is 39.5. The summed E-state index contributed by atoms with van der Waals surface area (Å²) >= 11 is 0. The van der Waals surface area contributed by atoms with Gasteiger partial charge in [-0.05, 0) is 64.2 Å². The number of aliphatic hydroxyl groups is 1. The summed E-state index contributed by atoms with van der Waals surface area (Å²) in [6.07, 6.45) is 69.3. The third kappa shape index (κ3) is 48.0. The van der Waals surface area contributed by atoms with Crippen LogP contribution in [0.5, 0.6) is 0 Å². The van der Waals surface area contributed by atoms with Gasteiger partial charge >= 0.3 is 11.9 Å². The molecule has 0 spiro atoms. The van der Waals surface area contributed by atoms with E-state index >= 15 is 0 Å². The topological polar surface area (TPSA) is 72.8 Å². The average molecular weight is 837 g/mol. The Labute approximate surface area is 372 Å². The number of allylic oxidation sites excluding steroid dienone is 12. The lowest BCUT2D eigenvalue weighted by Gasteiger charge is -2.15. The van der Waals surface area contributed by atoms with Crippen molar-refractivity contribution in [1.82, 2.24) is 0 Å². The first-order valence-electron chi connectivity index (χ1n) is 25.5. The van der Waals surface area contributed by atoms with E-state index in [9.17, 15) is 14.7 Å². The third-order valence-corrected chi connectivity index (χ3v) is 11.0. The molecule has 5 heteroatoms. The quantitative estimate of drug-likeness (QED) is 0.0376. The maximum Gasteiger partial charge on any atom is 0.306 e. The molecule has 0 radical (unpaired) electrons. The van der Waals surface area contributed by atoms with E-state index in [4.69, 9.17) is 9.47 Å². The van der Waals surface area contributed by atoms with Crippen molar-refractivity contribution < 1.29 is 24.2 Å². The molecule has 0 aliphatic rings. The molecule has 0 amide bonds. The number of unbranched alkanes of at least 4 members (excludes halogenated alkanes) is 26. The molecule has 60 heavy (non-hydrogen) atoms. The van der Waals surface area contributed by atoms with Crippen molar-refractivity contribution in [2.75, 3.05) is 13.2 Å². The lowest BCUT2D eigenvalue weighted by molar-refractivity contribution is -0.161. The van der Waals surface area contributed by atoms with Crippen LogP contribution in [-0.2, 0) is 19.1 Å². The van der Waals surface area contributed by atoms with E-state index in [1.54, 1.807) is 0 Å². The van der Waals surface area contributed by atoms with Crippen LogP contribution in [0.3, 0.4) is 0 Å². The van der Waals surface area contributed by atoms with Gasteiger partial charge in [0.25, 0.3) is 0 Å².